The van der Waals surface area contributed by atoms with Gasteiger partial charge in [-0.1, -0.05) is 0 Å². The summed E-state index contributed by atoms with van der Waals surface area (Å²) in [7, 11) is -3.70. The Morgan fingerprint density at radius 2 is 1.83 bits per heavy atom. The summed E-state index contributed by atoms with van der Waals surface area (Å²) in [6, 6.07) is -0.727. The Hall–Kier alpha value is -0.550. The van der Waals surface area contributed by atoms with Crippen LogP contribution in [0.25, 0.3) is 0 Å². The van der Waals surface area contributed by atoms with Crippen molar-refractivity contribution in [2.45, 2.75) is 131 Å². The number of halogens is 3. The fraction of sp³-hybridized carbons (Fsp3) is 0.960. The molecule has 1 amide bonds. The molecule has 11 heteroatoms. The predicted octanol–water partition coefficient (Wildman–Crippen LogP) is 3.87. The molecule has 4 aliphatic rings. The van der Waals surface area contributed by atoms with E-state index in [0.717, 1.165) is 0 Å². The average Bonchev–Trinajstić information content (AvgIpc) is 2.82. The molecule has 7 atom stereocenters. The summed E-state index contributed by atoms with van der Waals surface area (Å²) in [4.78, 5) is 13.0. The number of fused-ring (bicyclic) bond motifs is 1. The number of ether oxygens (including phenoxy) is 2. The van der Waals surface area contributed by atoms with Crippen LogP contribution in [0.3, 0.4) is 0 Å². The number of rotatable bonds is 7. The third-order valence-corrected chi connectivity index (χ3v) is 11.1. The fourth-order valence-electron chi connectivity index (χ4n) is 6.25. The Morgan fingerprint density at radius 1 is 1.11 bits per heavy atom. The molecule has 0 spiro atoms. The summed E-state index contributed by atoms with van der Waals surface area (Å²) in [5, 5.41) is 1.83. The monoisotopic (exact) mass is 554 g/mol. The zero-order chi connectivity index (χ0) is 26.0. The van der Waals surface area contributed by atoms with Crippen molar-refractivity contribution in [3.63, 3.8) is 0 Å². The molecule has 0 radical (unpaired) electrons. The van der Waals surface area contributed by atoms with Crippen LogP contribution in [0.2, 0.25) is 0 Å². The van der Waals surface area contributed by atoms with Crippen LogP contribution >= 0.6 is 11.6 Å². The zero-order valence-corrected chi connectivity index (χ0v) is 22.9. The van der Waals surface area contributed by atoms with Crippen LogP contribution in [0.1, 0.15) is 78.1 Å². The number of morpholine rings is 1. The molecule has 1 N–H and O–H groups in total. The van der Waals surface area contributed by atoms with Gasteiger partial charge in [0, 0.05) is 18.0 Å². The Labute approximate surface area is 219 Å². The molecule has 4 rings (SSSR count). The number of alkyl halides is 3. The van der Waals surface area contributed by atoms with Gasteiger partial charge in [-0.25, -0.2) is 17.2 Å². The highest BCUT2D eigenvalue weighted by atomic mass is 35.5. The summed E-state index contributed by atoms with van der Waals surface area (Å²) in [5.74, 6) is -1.27. The minimum absolute atomic E-state index is 0.00737. The second-order valence-electron chi connectivity index (χ2n) is 11.2. The summed E-state index contributed by atoms with van der Waals surface area (Å²) in [5.41, 5.74) is 0. The molecule has 4 fully saturated rings. The largest absolute Gasteiger partial charge is 0.376 e. The van der Waals surface area contributed by atoms with Crippen molar-refractivity contribution < 1.29 is 31.5 Å². The Balaban J connectivity index is 1.48. The number of amides is 1. The number of hydrogen-bond acceptors (Lipinski definition) is 5. The van der Waals surface area contributed by atoms with Crippen molar-refractivity contribution in [3.05, 3.63) is 0 Å². The topological polar surface area (TPSA) is 84.9 Å². The molecule has 3 aliphatic carbocycles. The van der Waals surface area contributed by atoms with Gasteiger partial charge < -0.3 is 14.8 Å². The smallest absolute Gasteiger partial charge is 0.227 e. The van der Waals surface area contributed by atoms with E-state index < -0.39 is 51.1 Å². The van der Waals surface area contributed by atoms with Gasteiger partial charge in [-0.3, -0.25) is 4.79 Å². The van der Waals surface area contributed by atoms with Crippen LogP contribution in [0.5, 0.6) is 0 Å². The third kappa shape index (κ3) is 6.53. The number of carbonyl (C=O) groups excluding carboxylic acids is 1. The number of sulfonamides is 1. The van der Waals surface area contributed by atoms with Crippen LogP contribution < -0.4 is 5.32 Å². The van der Waals surface area contributed by atoms with Crippen LogP contribution in [0.4, 0.5) is 8.78 Å². The first-order chi connectivity index (χ1) is 17.1. The summed E-state index contributed by atoms with van der Waals surface area (Å²) >= 11 is 6.30. The minimum atomic E-state index is -3.70. The quantitative estimate of drug-likeness (QED) is 0.483. The number of hydrogen-bond donors (Lipinski definition) is 1. The lowest BCUT2D eigenvalue weighted by Crippen LogP contribution is -2.63. The standard InChI is InChI=1S/C25H41ClF2N2O5S/c1-15(2)34-14-18-13-30(36(32,33)19-9-6-16(27)7-10-19)22-12-17(8-11-23(22)35-18)29-25(31)24-20(26)4-3-5-21(24)28/h15-24H,3-14H2,1-2H3,(H,29,31). The van der Waals surface area contributed by atoms with E-state index in [1.54, 1.807) is 4.31 Å². The molecule has 7 unspecified atom stereocenters. The average molecular weight is 555 g/mol. The van der Waals surface area contributed by atoms with Gasteiger partial charge in [0.15, 0.2) is 0 Å². The lowest BCUT2D eigenvalue weighted by atomic mass is 9.84. The van der Waals surface area contributed by atoms with E-state index in [2.05, 4.69) is 5.32 Å². The van der Waals surface area contributed by atoms with Gasteiger partial charge in [0.1, 0.15) is 12.3 Å². The maximum Gasteiger partial charge on any atom is 0.227 e. The molecular weight excluding hydrogens is 514 g/mol. The molecule has 1 saturated heterocycles. The maximum atomic E-state index is 14.5. The first-order valence-electron chi connectivity index (χ1n) is 13.6. The molecule has 36 heavy (non-hydrogen) atoms. The molecule has 0 aromatic heterocycles. The SMILES string of the molecule is CC(C)OCC1CN(S(=O)(=O)C2CCC(F)CC2)C2CC(NC(=O)C3C(F)CCCC3Cl)CCC2O1. The van der Waals surface area contributed by atoms with E-state index in [1.807, 2.05) is 13.8 Å². The van der Waals surface area contributed by atoms with E-state index >= 15 is 0 Å². The normalized spacial score (nSPS) is 40.6. The third-order valence-electron chi connectivity index (χ3n) is 8.23. The predicted molar refractivity (Wildman–Crippen MR) is 134 cm³/mol. The van der Waals surface area contributed by atoms with Crippen molar-refractivity contribution in [3.8, 4) is 0 Å². The van der Waals surface area contributed by atoms with E-state index in [4.69, 9.17) is 21.1 Å². The highest BCUT2D eigenvalue weighted by Crippen LogP contribution is 2.37. The number of nitrogens with zero attached hydrogens (tertiary/aromatic N) is 1. The van der Waals surface area contributed by atoms with Gasteiger partial charge in [-0.05, 0) is 78.1 Å². The first-order valence-corrected chi connectivity index (χ1v) is 15.5. The second-order valence-corrected chi connectivity index (χ2v) is 14.0. The Bertz CT molecular complexity index is 847. The molecule has 3 saturated carbocycles. The molecule has 1 aliphatic heterocycles. The van der Waals surface area contributed by atoms with E-state index in [-0.39, 0.29) is 43.5 Å². The zero-order valence-electron chi connectivity index (χ0n) is 21.3. The van der Waals surface area contributed by atoms with Crippen LogP contribution in [0.15, 0.2) is 0 Å². The van der Waals surface area contributed by atoms with Crippen LogP contribution in [0, 0.1) is 5.92 Å². The highest BCUT2D eigenvalue weighted by Gasteiger charge is 2.49. The van der Waals surface area contributed by atoms with Crippen molar-refractivity contribution >= 4 is 27.5 Å². The van der Waals surface area contributed by atoms with E-state index in [9.17, 15) is 22.0 Å². The van der Waals surface area contributed by atoms with Gasteiger partial charge in [0.2, 0.25) is 15.9 Å². The van der Waals surface area contributed by atoms with Gasteiger partial charge in [0.05, 0.1) is 42.1 Å². The summed E-state index contributed by atoms with van der Waals surface area (Å²) < 4.78 is 69.4. The summed E-state index contributed by atoms with van der Waals surface area (Å²) in [6.07, 6.45) is 1.39. The van der Waals surface area contributed by atoms with Crippen molar-refractivity contribution in [1.29, 1.82) is 0 Å². The lowest BCUT2D eigenvalue weighted by molar-refractivity contribution is -0.142. The Morgan fingerprint density at radius 3 is 2.50 bits per heavy atom. The van der Waals surface area contributed by atoms with Gasteiger partial charge >= 0.3 is 0 Å². The second kappa shape index (κ2) is 12.1. The summed E-state index contributed by atoms with van der Waals surface area (Å²) in [6.45, 7) is 4.30. The van der Waals surface area contributed by atoms with E-state index in [0.29, 0.717) is 58.0 Å². The highest BCUT2D eigenvalue weighted by molar-refractivity contribution is 7.89. The van der Waals surface area contributed by atoms with Crippen molar-refractivity contribution in [2.24, 2.45) is 5.92 Å². The van der Waals surface area contributed by atoms with Crippen LogP contribution in [-0.4, -0.2) is 85.1 Å². The van der Waals surface area contributed by atoms with Gasteiger partial charge in [-0.2, -0.15) is 4.31 Å². The molecule has 7 nitrogen and oxygen atoms in total. The molecular formula is C25H41ClF2N2O5S. The molecule has 1 heterocycles. The molecule has 0 aromatic rings. The fourth-order valence-corrected chi connectivity index (χ4v) is 8.90. The number of carbonyl (C=O) groups is 1. The minimum Gasteiger partial charge on any atom is -0.376 e. The first kappa shape index (κ1) is 28.5. The Kier molecular flexibility index (Phi) is 9.56. The van der Waals surface area contributed by atoms with Gasteiger partial charge in [0.25, 0.3) is 0 Å². The lowest BCUT2D eigenvalue weighted by Gasteiger charge is -2.49. The van der Waals surface area contributed by atoms with Crippen molar-refractivity contribution in [2.75, 3.05) is 13.2 Å². The molecule has 0 aromatic carbocycles. The van der Waals surface area contributed by atoms with Crippen LogP contribution in [-0.2, 0) is 24.3 Å². The van der Waals surface area contributed by atoms with Gasteiger partial charge in [-0.15, -0.1) is 11.6 Å². The maximum absolute atomic E-state index is 14.5. The molecule has 208 valence electrons. The number of nitrogens with one attached hydrogen (secondary N) is 1. The van der Waals surface area contributed by atoms with Crippen molar-refractivity contribution in [1.82, 2.24) is 9.62 Å². The molecule has 0 bridgehead atoms. The van der Waals surface area contributed by atoms with E-state index in [1.165, 1.54) is 0 Å².